The summed E-state index contributed by atoms with van der Waals surface area (Å²) in [6.45, 7) is 8.34. The number of aliphatic imine (C=N–C) groups is 1. The van der Waals surface area contributed by atoms with Crippen LogP contribution in [-0.2, 0) is 4.79 Å². The molecule has 0 bridgehead atoms. The molecule has 0 atom stereocenters. The van der Waals surface area contributed by atoms with Gasteiger partial charge in [-0.2, -0.15) is 15.1 Å². The van der Waals surface area contributed by atoms with Crippen LogP contribution >= 0.6 is 11.8 Å². The van der Waals surface area contributed by atoms with Crippen molar-refractivity contribution in [3.8, 4) is 0 Å². The molecule has 2 aliphatic heterocycles. The lowest BCUT2D eigenvalue weighted by atomic mass is 10.0. The van der Waals surface area contributed by atoms with Crippen LogP contribution in [0.4, 0.5) is 0 Å². The summed E-state index contributed by atoms with van der Waals surface area (Å²) in [5.74, 6) is 0.397. The van der Waals surface area contributed by atoms with E-state index in [9.17, 15) is 4.79 Å². The van der Waals surface area contributed by atoms with Crippen LogP contribution in [0.15, 0.2) is 39.9 Å². The quantitative estimate of drug-likeness (QED) is 0.843. The van der Waals surface area contributed by atoms with E-state index >= 15 is 0 Å². The van der Waals surface area contributed by atoms with Crippen LogP contribution in [0.1, 0.15) is 44.7 Å². The Morgan fingerprint density at radius 2 is 1.79 bits per heavy atom. The first kappa shape index (κ1) is 16.6. The zero-order chi connectivity index (χ0) is 17.4. The summed E-state index contributed by atoms with van der Waals surface area (Å²) >= 11 is 1.36. The monoisotopic (exact) mass is 340 g/mol. The number of hydrogen-bond acceptors (Lipinski definition) is 4. The second kappa shape index (κ2) is 6.36. The van der Waals surface area contributed by atoms with Gasteiger partial charge < -0.3 is 0 Å². The first-order chi connectivity index (χ1) is 11.4. The maximum Gasteiger partial charge on any atom is 0.283 e. The van der Waals surface area contributed by atoms with E-state index in [0.29, 0.717) is 11.1 Å². The maximum absolute atomic E-state index is 12.3. The Labute approximate surface area is 146 Å². The number of carbonyl (C=O) groups excluding carboxylic acids is 1. The third kappa shape index (κ3) is 3.06. The summed E-state index contributed by atoms with van der Waals surface area (Å²) < 4.78 is 0. The molecule has 1 aromatic carbocycles. The number of carbonyl (C=O) groups is 1. The topological polar surface area (TPSA) is 68.9 Å². The molecule has 2 heterocycles. The normalized spacial score (nSPS) is 19.2. The van der Waals surface area contributed by atoms with Crippen molar-refractivity contribution in [2.24, 2.45) is 16.0 Å². The SMILES string of the molecule is CC(C)C1=NN2C(=N)/C(=C/c3ccc(C(C)C)cc3)C(=O)N=C2S1. The van der Waals surface area contributed by atoms with Crippen molar-refractivity contribution in [1.82, 2.24) is 5.01 Å². The summed E-state index contributed by atoms with van der Waals surface area (Å²) in [5, 5.41) is 15.5. The Bertz CT molecular complexity index is 788. The summed E-state index contributed by atoms with van der Waals surface area (Å²) in [6.07, 6.45) is 1.71. The lowest BCUT2D eigenvalue weighted by molar-refractivity contribution is -0.114. The first-order valence-electron chi connectivity index (χ1n) is 7.97. The first-order valence-corrected chi connectivity index (χ1v) is 8.78. The van der Waals surface area contributed by atoms with Gasteiger partial charge in [0.25, 0.3) is 5.91 Å². The molecule has 24 heavy (non-hydrogen) atoms. The third-order valence-corrected chi connectivity index (χ3v) is 5.09. The number of amidine groups is 2. The number of rotatable bonds is 3. The number of nitrogens with zero attached hydrogens (tertiary/aromatic N) is 3. The number of thioether (sulfide) groups is 1. The van der Waals surface area contributed by atoms with Crippen LogP contribution in [0.2, 0.25) is 0 Å². The van der Waals surface area contributed by atoms with Gasteiger partial charge in [0.1, 0.15) is 5.04 Å². The molecule has 124 valence electrons. The Hall–Kier alpha value is -2.21. The van der Waals surface area contributed by atoms with Gasteiger partial charge in [0.2, 0.25) is 5.17 Å². The lowest BCUT2D eigenvalue weighted by Crippen LogP contribution is -2.35. The fourth-order valence-corrected chi connectivity index (χ4v) is 3.28. The number of benzene rings is 1. The van der Waals surface area contributed by atoms with Crippen LogP contribution in [0.5, 0.6) is 0 Å². The molecule has 5 nitrogen and oxygen atoms in total. The van der Waals surface area contributed by atoms with E-state index in [-0.39, 0.29) is 23.2 Å². The van der Waals surface area contributed by atoms with Gasteiger partial charge in [-0.3, -0.25) is 10.2 Å². The van der Waals surface area contributed by atoms with E-state index in [2.05, 4.69) is 23.9 Å². The summed E-state index contributed by atoms with van der Waals surface area (Å²) in [4.78, 5) is 16.4. The molecule has 0 aromatic heterocycles. The number of nitrogens with one attached hydrogen (secondary N) is 1. The van der Waals surface area contributed by atoms with Crippen LogP contribution in [0, 0.1) is 11.3 Å². The standard InChI is InChI=1S/C18H20N4OS/c1-10(2)13-7-5-12(6-8-13)9-14-15(19)22-18(20-16(14)23)24-17(21-22)11(3)4/h5-11,19H,1-4H3/b14-9-,19-15?. The molecule has 6 heteroatoms. The molecule has 0 aliphatic carbocycles. The highest BCUT2D eigenvalue weighted by molar-refractivity contribution is 8.27. The molecule has 1 aromatic rings. The van der Waals surface area contributed by atoms with Crippen LogP contribution in [0.25, 0.3) is 6.08 Å². The van der Waals surface area contributed by atoms with Crippen molar-refractivity contribution in [3.63, 3.8) is 0 Å². The molecular formula is C18H20N4OS. The van der Waals surface area contributed by atoms with Gasteiger partial charge in [-0.15, -0.1) is 0 Å². The van der Waals surface area contributed by atoms with Crippen molar-refractivity contribution >= 4 is 39.8 Å². The minimum atomic E-state index is -0.383. The summed E-state index contributed by atoms with van der Waals surface area (Å²) in [7, 11) is 0. The molecule has 2 aliphatic rings. The summed E-state index contributed by atoms with van der Waals surface area (Å²) in [6, 6.07) is 8.01. The average molecular weight is 340 g/mol. The fourth-order valence-electron chi connectivity index (χ4n) is 2.38. The predicted octanol–water partition coefficient (Wildman–Crippen LogP) is 4.09. The average Bonchev–Trinajstić information content (AvgIpc) is 2.96. The maximum atomic E-state index is 12.3. The van der Waals surface area contributed by atoms with E-state index in [1.807, 2.05) is 38.1 Å². The van der Waals surface area contributed by atoms with E-state index in [4.69, 9.17) is 5.41 Å². The molecule has 0 fully saturated rings. The number of amides is 1. The molecule has 0 unspecified atom stereocenters. The van der Waals surface area contributed by atoms with Crippen molar-refractivity contribution in [2.75, 3.05) is 0 Å². The van der Waals surface area contributed by atoms with Gasteiger partial charge in [0, 0.05) is 5.92 Å². The van der Waals surface area contributed by atoms with Crippen molar-refractivity contribution in [3.05, 3.63) is 41.0 Å². The van der Waals surface area contributed by atoms with Gasteiger partial charge in [-0.1, -0.05) is 52.0 Å². The van der Waals surface area contributed by atoms with Gasteiger partial charge >= 0.3 is 0 Å². The molecule has 1 N–H and O–H groups in total. The van der Waals surface area contributed by atoms with Crippen molar-refractivity contribution in [2.45, 2.75) is 33.6 Å². The Morgan fingerprint density at radius 1 is 1.12 bits per heavy atom. The van der Waals surface area contributed by atoms with Crippen molar-refractivity contribution in [1.29, 1.82) is 5.41 Å². The minimum absolute atomic E-state index is 0.0843. The third-order valence-electron chi connectivity index (χ3n) is 3.88. The highest BCUT2D eigenvalue weighted by Crippen LogP contribution is 2.30. The van der Waals surface area contributed by atoms with E-state index in [1.165, 1.54) is 22.3 Å². The zero-order valence-electron chi connectivity index (χ0n) is 14.2. The molecule has 0 radical (unpaired) electrons. The summed E-state index contributed by atoms with van der Waals surface area (Å²) in [5.41, 5.74) is 2.39. The van der Waals surface area contributed by atoms with E-state index in [0.717, 1.165) is 10.6 Å². The Balaban J connectivity index is 1.92. The number of hydrazone groups is 1. The molecule has 0 saturated heterocycles. The van der Waals surface area contributed by atoms with Gasteiger partial charge in [0.05, 0.1) is 5.57 Å². The molecular weight excluding hydrogens is 320 g/mol. The Morgan fingerprint density at radius 3 is 2.38 bits per heavy atom. The van der Waals surface area contributed by atoms with Gasteiger partial charge in [-0.25, -0.2) is 0 Å². The van der Waals surface area contributed by atoms with Crippen LogP contribution in [-0.4, -0.2) is 27.0 Å². The smallest absolute Gasteiger partial charge is 0.282 e. The molecule has 3 rings (SSSR count). The highest BCUT2D eigenvalue weighted by Gasteiger charge is 2.36. The molecule has 0 spiro atoms. The number of fused-ring (bicyclic) bond motifs is 1. The predicted molar refractivity (Wildman–Crippen MR) is 100 cm³/mol. The van der Waals surface area contributed by atoms with Crippen LogP contribution < -0.4 is 0 Å². The molecule has 1 amide bonds. The lowest BCUT2D eigenvalue weighted by Gasteiger charge is -2.20. The molecule has 0 saturated carbocycles. The second-order valence-electron chi connectivity index (χ2n) is 6.43. The Kier molecular flexibility index (Phi) is 4.41. The van der Waals surface area contributed by atoms with Crippen LogP contribution in [0.3, 0.4) is 0 Å². The van der Waals surface area contributed by atoms with Gasteiger partial charge in [0.15, 0.2) is 5.84 Å². The number of hydrogen-bond donors (Lipinski definition) is 1. The van der Waals surface area contributed by atoms with E-state index < -0.39 is 0 Å². The van der Waals surface area contributed by atoms with Gasteiger partial charge in [-0.05, 0) is 34.9 Å². The fraction of sp³-hybridized carbons (Fsp3) is 0.333. The largest absolute Gasteiger partial charge is 0.283 e. The zero-order valence-corrected chi connectivity index (χ0v) is 15.0. The van der Waals surface area contributed by atoms with E-state index in [1.54, 1.807) is 6.08 Å². The second-order valence-corrected chi connectivity index (χ2v) is 7.42. The minimum Gasteiger partial charge on any atom is -0.282 e. The van der Waals surface area contributed by atoms with Crippen molar-refractivity contribution < 1.29 is 4.79 Å². The highest BCUT2D eigenvalue weighted by atomic mass is 32.2.